The number of anilines is 2. The lowest BCUT2D eigenvalue weighted by Crippen LogP contribution is -2.25. The van der Waals surface area contributed by atoms with Crippen molar-refractivity contribution in [1.29, 1.82) is 0 Å². The number of benzene rings is 1. The summed E-state index contributed by atoms with van der Waals surface area (Å²) in [5, 5.41) is 6.26. The molecule has 4 heteroatoms. The van der Waals surface area contributed by atoms with Gasteiger partial charge >= 0.3 is 0 Å². The molecule has 0 heterocycles. The topological polar surface area (TPSA) is 67.2 Å². The van der Waals surface area contributed by atoms with Crippen molar-refractivity contribution in [1.82, 2.24) is 5.32 Å². The van der Waals surface area contributed by atoms with E-state index in [9.17, 15) is 4.79 Å². The third-order valence-electron chi connectivity index (χ3n) is 4.50. The third kappa shape index (κ3) is 4.13. The molecule has 2 atom stereocenters. The summed E-state index contributed by atoms with van der Waals surface area (Å²) in [6.45, 7) is 5.81. The molecule has 1 fully saturated rings. The van der Waals surface area contributed by atoms with E-state index >= 15 is 0 Å². The largest absolute Gasteiger partial charge is 0.397 e. The molecule has 1 aromatic carbocycles. The van der Waals surface area contributed by atoms with Crippen LogP contribution >= 0.6 is 0 Å². The minimum Gasteiger partial charge on any atom is -0.397 e. The van der Waals surface area contributed by atoms with Gasteiger partial charge in [0.05, 0.1) is 11.4 Å². The van der Waals surface area contributed by atoms with Crippen molar-refractivity contribution in [3.63, 3.8) is 0 Å². The van der Waals surface area contributed by atoms with Gasteiger partial charge < -0.3 is 16.4 Å². The molecule has 2 rings (SSSR count). The Balaban J connectivity index is 2.01. The van der Waals surface area contributed by atoms with Gasteiger partial charge in [-0.1, -0.05) is 26.2 Å². The summed E-state index contributed by atoms with van der Waals surface area (Å²) in [4.78, 5) is 11.9. The summed E-state index contributed by atoms with van der Waals surface area (Å²) in [7, 11) is 0. The molecule has 1 amide bonds. The van der Waals surface area contributed by atoms with Crippen LogP contribution in [0.25, 0.3) is 0 Å². The van der Waals surface area contributed by atoms with E-state index in [1.54, 1.807) is 12.1 Å². The Morgan fingerprint density at radius 1 is 1.33 bits per heavy atom. The summed E-state index contributed by atoms with van der Waals surface area (Å²) in [5.74, 6) is 1.41. The summed E-state index contributed by atoms with van der Waals surface area (Å²) in [6.07, 6.45) is 5.28. The van der Waals surface area contributed by atoms with Gasteiger partial charge in [-0.15, -0.1) is 0 Å². The first-order chi connectivity index (χ1) is 10.1. The Hall–Kier alpha value is -1.71. The molecule has 1 aliphatic carbocycles. The maximum absolute atomic E-state index is 11.9. The van der Waals surface area contributed by atoms with Gasteiger partial charge in [-0.2, -0.15) is 0 Å². The van der Waals surface area contributed by atoms with Crippen LogP contribution < -0.4 is 16.4 Å². The number of amides is 1. The minimum atomic E-state index is -0.0495. The first-order valence-electron chi connectivity index (χ1n) is 8.03. The Morgan fingerprint density at radius 3 is 2.81 bits per heavy atom. The first-order valence-corrected chi connectivity index (χ1v) is 8.03. The van der Waals surface area contributed by atoms with Crippen LogP contribution in [0.15, 0.2) is 18.2 Å². The number of hydrogen-bond acceptors (Lipinski definition) is 3. The maximum atomic E-state index is 11.9. The van der Waals surface area contributed by atoms with Crippen molar-refractivity contribution in [2.45, 2.75) is 39.5 Å². The second kappa shape index (κ2) is 7.34. The van der Waals surface area contributed by atoms with Crippen molar-refractivity contribution < 1.29 is 4.79 Å². The third-order valence-corrected chi connectivity index (χ3v) is 4.50. The number of carbonyl (C=O) groups excluding carboxylic acids is 1. The Morgan fingerprint density at radius 2 is 2.10 bits per heavy atom. The zero-order valence-corrected chi connectivity index (χ0v) is 13.1. The number of hydrogen-bond donors (Lipinski definition) is 3. The highest BCUT2D eigenvalue weighted by Gasteiger charge is 2.21. The van der Waals surface area contributed by atoms with Crippen LogP contribution in [-0.4, -0.2) is 19.0 Å². The van der Waals surface area contributed by atoms with Crippen LogP contribution in [0.3, 0.4) is 0 Å². The highest BCUT2D eigenvalue weighted by molar-refractivity contribution is 5.96. The molecule has 2 unspecified atom stereocenters. The highest BCUT2D eigenvalue weighted by Crippen LogP contribution is 2.30. The molecule has 4 N–H and O–H groups in total. The normalized spacial score (nSPS) is 21.8. The van der Waals surface area contributed by atoms with E-state index in [1.165, 1.54) is 25.7 Å². The van der Waals surface area contributed by atoms with Crippen LogP contribution in [0.5, 0.6) is 0 Å². The number of nitrogen functional groups attached to an aromatic ring is 1. The zero-order valence-electron chi connectivity index (χ0n) is 13.1. The molecule has 0 saturated heterocycles. The second-order valence-electron chi connectivity index (χ2n) is 6.06. The zero-order chi connectivity index (χ0) is 15.2. The van der Waals surface area contributed by atoms with E-state index in [2.05, 4.69) is 17.6 Å². The van der Waals surface area contributed by atoms with E-state index in [4.69, 9.17) is 5.73 Å². The Kier molecular flexibility index (Phi) is 5.48. The molecule has 21 heavy (non-hydrogen) atoms. The average molecular weight is 289 g/mol. The number of nitrogens with one attached hydrogen (secondary N) is 2. The van der Waals surface area contributed by atoms with Crippen LogP contribution in [0.2, 0.25) is 0 Å². The minimum absolute atomic E-state index is 0.0495. The van der Waals surface area contributed by atoms with Crippen molar-refractivity contribution in [3.05, 3.63) is 23.8 Å². The van der Waals surface area contributed by atoms with E-state index in [-0.39, 0.29) is 5.91 Å². The summed E-state index contributed by atoms with van der Waals surface area (Å²) in [5.41, 5.74) is 8.25. The molecule has 0 radical (unpaired) electrons. The summed E-state index contributed by atoms with van der Waals surface area (Å²) in [6, 6.07) is 5.43. The van der Waals surface area contributed by atoms with Gasteiger partial charge in [-0.05, 0) is 43.4 Å². The van der Waals surface area contributed by atoms with Gasteiger partial charge in [0.1, 0.15) is 0 Å². The number of carbonyl (C=O) groups is 1. The van der Waals surface area contributed by atoms with Gasteiger partial charge in [0.25, 0.3) is 5.91 Å². The lowest BCUT2D eigenvalue weighted by atomic mass is 9.80. The quantitative estimate of drug-likeness (QED) is 0.729. The van der Waals surface area contributed by atoms with Crippen molar-refractivity contribution in [2.24, 2.45) is 11.8 Å². The second-order valence-corrected chi connectivity index (χ2v) is 6.06. The molecule has 1 aliphatic rings. The number of nitrogens with two attached hydrogens (primary N) is 1. The molecule has 0 aromatic heterocycles. The van der Waals surface area contributed by atoms with Crippen molar-refractivity contribution in [2.75, 3.05) is 24.1 Å². The smallest absolute Gasteiger partial charge is 0.251 e. The standard InChI is InChI=1S/C17H27N3O/c1-3-19-17(21)13-8-9-15(18)16(10-13)20-11-14-7-5-4-6-12(14)2/h8-10,12,14,20H,3-7,11,18H2,1-2H3,(H,19,21). The summed E-state index contributed by atoms with van der Waals surface area (Å²) >= 11 is 0. The SMILES string of the molecule is CCNC(=O)c1ccc(N)c(NCC2CCCCC2C)c1. The molecular weight excluding hydrogens is 262 g/mol. The van der Waals surface area contributed by atoms with E-state index in [0.717, 1.165) is 18.2 Å². The monoisotopic (exact) mass is 289 g/mol. The lowest BCUT2D eigenvalue weighted by molar-refractivity contribution is 0.0956. The molecule has 116 valence electrons. The molecule has 0 spiro atoms. The fourth-order valence-electron chi connectivity index (χ4n) is 3.05. The van der Waals surface area contributed by atoms with Crippen LogP contribution in [0.4, 0.5) is 11.4 Å². The Labute approximate surface area is 127 Å². The van der Waals surface area contributed by atoms with E-state index < -0.39 is 0 Å². The first kappa shape index (κ1) is 15.7. The van der Waals surface area contributed by atoms with Crippen LogP contribution in [0, 0.1) is 11.8 Å². The molecule has 4 nitrogen and oxygen atoms in total. The fourth-order valence-corrected chi connectivity index (χ4v) is 3.05. The average Bonchev–Trinajstić information content (AvgIpc) is 2.48. The van der Waals surface area contributed by atoms with Gasteiger partial charge in [0.15, 0.2) is 0 Å². The summed E-state index contributed by atoms with van der Waals surface area (Å²) < 4.78 is 0. The molecular formula is C17H27N3O. The number of rotatable bonds is 5. The molecule has 0 aliphatic heterocycles. The predicted octanol–water partition coefficient (Wildman–Crippen LogP) is 3.26. The maximum Gasteiger partial charge on any atom is 0.251 e. The van der Waals surface area contributed by atoms with Gasteiger partial charge in [-0.3, -0.25) is 4.79 Å². The van der Waals surface area contributed by atoms with Crippen molar-refractivity contribution >= 4 is 17.3 Å². The molecule has 1 saturated carbocycles. The van der Waals surface area contributed by atoms with Gasteiger partial charge in [0.2, 0.25) is 0 Å². The van der Waals surface area contributed by atoms with Crippen molar-refractivity contribution in [3.8, 4) is 0 Å². The molecule has 0 bridgehead atoms. The van der Waals surface area contributed by atoms with E-state index in [0.29, 0.717) is 23.7 Å². The molecule has 1 aromatic rings. The van der Waals surface area contributed by atoms with Crippen LogP contribution in [-0.2, 0) is 0 Å². The van der Waals surface area contributed by atoms with Gasteiger partial charge in [0, 0.05) is 18.7 Å². The highest BCUT2D eigenvalue weighted by atomic mass is 16.1. The lowest BCUT2D eigenvalue weighted by Gasteiger charge is -2.29. The van der Waals surface area contributed by atoms with Gasteiger partial charge in [-0.25, -0.2) is 0 Å². The fraction of sp³-hybridized carbons (Fsp3) is 0.588. The predicted molar refractivity (Wildman–Crippen MR) is 88.5 cm³/mol. The van der Waals surface area contributed by atoms with E-state index in [1.807, 2.05) is 13.0 Å². The Bertz CT molecular complexity index is 487. The van der Waals surface area contributed by atoms with Crippen LogP contribution in [0.1, 0.15) is 49.9 Å².